The highest BCUT2D eigenvalue weighted by atomic mass is 16.4. The molecular weight excluding hydrogens is 236 g/mol. The molecule has 0 fully saturated rings. The third kappa shape index (κ3) is 3.24. The zero-order chi connectivity index (χ0) is 14.0. The van der Waals surface area contributed by atoms with Gasteiger partial charge < -0.3 is 10.2 Å². The van der Waals surface area contributed by atoms with Crippen LogP contribution >= 0.6 is 0 Å². The average Bonchev–Trinajstić information content (AvgIpc) is 2.81. The van der Waals surface area contributed by atoms with E-state index < -0.39 is 0 Å². The standard InChI is InChI=1S/C16H22N2O/c1-10(2)7-14(17)16-18-9-15(19-16)13-6-5-11(3)12(4)8-13/h5-6,8-10,14H,7,17H2,1-4H3. The first-order valence-electron chi connectivity index (χ1n) is 6.76. The van der Waals surface area contributed by atoms with Gasteiger partial charge >= 0.3 is 0 Å². The topological polar surface area (TPSA) is 52.0 Å². The Morgan fingerprint density at radius 1 is 1.21 bits per heavy atom. The van der Waals surface area contributed by atoms with Gasteiger partial charge in [0.1, 0.15) is 0 Å². The number of oxazole rings is 1. The van der Waals surface area contributed by atoms with Crippen molar-refractivity contribution in [3.8, 4) is 11.3 Å². The minimum Gasteiger partial charge on any atom is -0.439 e. The molecule has 0 aliphatic rings. The summed E-state index contributed by atoms with van der Waals surface area (Å²) in [5, 5.41) is 0. The van der Waals surface area contributed by atoms with E-state index in [4.69, 9.17) is 10.2 Å². The van der Waals surface area contributed by atoms with Gasteiger partial charge in [0.05, 0.1) is 12.2 Å². The van der Waals surface area contributed by atoms with E-state index in [9.17, 15) is 0 Å². The van der Waals surface area contributed by atoms with Crippen LogP contribution in [0.2, 0.25) is 0 Å². The zero-order valence-electron chi connectivity index (χ0n) is 12.1. The summed E-state index contributed by atoms with van der Waals surface area (Å²) in [7, 11) is 0. The number of aromatic nitrogens is 1. The smallest absolute Gasteiger partial charge is 0.211 e. The molecule has 0 bridgehead atoms. The Bertz CT molecular complexity index is 558. The van der Waals surface area contributed by atoms with Gasteiger partial charge in [-0.1, -0.05) is 26.0 Å². The predicted molar refractivity (Wildman–Crippen MR) is 77.8 cm³/mol. The van der Waals surface area contributed by atoms with Crippen LogP contribution in [0, 0.1) is 19.8 Å². The van der Waals surface area contributed by atoms with Crippen LogP contribution < -0.4 is 5.73 Å². The summed E-state index contributed by atoms with van der Waals surface area (Å²) < 4.78 is 5.79. The van der Waals surface area contributed by atoms with Crippen molar-refractivity contribution in [3.05, 3.63) is 41.4 Å². The molecule has 102 valence electrons. The minimum atomic E-state index is -0.125. The maximum Gasteiger partial charge on any atom is 0.211 e. The second-order valence-electron chi connectivity index (χ2n) is 5.60. The van der Waals surface area contributed by atoms with Gasteiger partial charge in [-0.05, 0) is 43.4 Å². The molecule has 0 saturated heterocycles. The molecule has 1 aromatic carbocycles. The fraction of sp³-hybridized carbons (Fsp3) is 0.438. The van der Waals surface area contributed by atoms with E-state index in [0.717, 1.165) is 17.7 Å². The van der Waals surface area contributed by atoms with Crippen molar-refractivity contribution >= 4 is 0 Å². The van der Waals surface area contributed by atoms with Gasteiger partial charge in [0.2, 0.25) is 5.89 Å². The largest absolute Gasteiger partial charge is 0.439 e. The van der Waals surface area contributed by atoms with Crippen LogP contribution in [0.1, 0.15) is 43.3 Å². The van der Waals surface area contributed by atoms with Gasteiger partial charge in [-0.25, -0.2) is 4.98 Å². The van der Waals surface area contributed by atoms with E-state index in [0.29, 0.717) is 11.8 Å². The Morgan fingerprint density at radius 3 is 2.58 bits per heavy atom. The molecule has 1 unspecified atom stereocenters. The van der Waals surface area contributed by atoms with E-state index in [2.05, 4.69) is 50.9 Å². The minimum absolute atomic E-state index is 0.125. The van der Waals surface area contributed by atoms with Gasteiger partial charge in [0, 0.05) is 5.56 Å². The molecule has 2 aromatic rings. The van der Waals surface area contributed by atoms with Crippen molar-refractivity contribution in [2.75, 3.05) is 0 Å². The van der Waals surface area contributed by atoms with Crippen LogP contribution in [0.25, 0.3) is 11.3 Å². The Labute approximate surface area is 114 Å². The number of nitrogens with two attached hydrogens (primary N) is 1. The summed E-state index contributed by atoms with van der Waals surface area (Å²) >= 11 is 0. The predicted octanol–water partition coefficient (Wildman–Crippen LogP) is 4.00. The molecule has 3 nitrogen and oxygen atoms in total. The summed E-state index contributed by atoms with van der Waals surface area (Å²) in [5.41, 5.74) is 9.67. The third-order valence-corrected chi connectivity index (χ3v) is 3.36. The zero-order valence-corrected chi connectivity index (χ0v) is 12.1. The molecule has 1 aromatic heterocycles. The van der Waals surface area contributed by atoms with Crippen molar-refractivity contribution in [1.29, 1.82) is 0 Å². The maximum absolute atomic E-state index is 6.09. The monoisotopic (exact) mass is 258 g/mol. The molecule has 1 atom stereocenters. The maximum atomic E-state index is 6.09. The first-order valence-corrected chi connectivity index (χ1v) is 6.76. The van der Waals surface area contributed by atoms with Crippen molar-refractivity contribution < 1.29 is 4.42 Å². The van der Waals surface area contributed by atoms with Gasteiger partial charge in [-0.15, -0.1) is 0 Å². The highest BCUT2D eigenvalue weighted by Gasteiger charge is 2.15. The number of nitrogens with zero attached hydrogens (tertiary/aromatic N) is 1. The molecule has 2 N–H and O–H groups in total. The van der Waals surface area contributed by atoms with Gasteiger partial charge in [-0.2, -0.15) is 0 Å². The molecule has 19 heavy (non-hydrogen) atoms. The summed E-state index contributed by atoms with van der Waals surface area (Å²) in [6.07, 6.45) is 2.65. The Morgan fingerprint density at radius 2 is 1.95 bits per heavy atom. The lowest BCUT2D eigenvalue weighted by Gasteiger charge is -2.09. The van der Waals surface area contributed by atoms with Crippen LogP contribution in [0.5, 0.6) is 0 Å². The van der Waals surface area contributed by atoms with E-state index in [-0.39, 0.29) is 6.04 Å². The molecule has 0 saturated carbocycles. The second kappa shape index (κ2) is 5.57. The lowest BCUT2D eigenvalue weighted by Crippen LogP contribution is -2.13. The average molecular weight is 258 g/mol. The van der Waals surface area contributed by atoms with Crippen molar-refractivity contribution in [2.24, 2.45) is 11.7 Å². The van der Waals surface area contributed by atoms with Crippen molar-refractivity contribution in [1.82, 2.24) is 4.98 Å². The third-order valence-electron chi connectivity index (χ3n) is 3.36. The molecule has 0 aliphatic carbocycles. The highest BCUT2D eigenvalue weighted by molar-refractivity contribution is 5.58. The second-order valence-corrected chi connectivity index (χ2v) is 5.60. The highest BCUT2D eigenvalue weighted by Crippen LogP contribution is 2.26. The van der Waals surface area contributed by atoms with Crippen LogP contribution in [-0.2, 0) is 0 Å². The molecule has 0 radical (unpaired) electrons. The number of hydrogen-bond donors (Lipinski definition) is 1. The molecule has 0 spiro atoms. The Balaban J connectivity index is 2.22. The van der Waals surface area contributed by atoms with Crippen molar-refractivity contribution in [3.63, 3.8) is 0 Å². The SMILES string of the molecule is Cc1ccc(-c2cnc(C(N)CC(C)C)o2)cc1C. The van der Waals surface area contributed by atoms with Gasteiger partial charge in [-0.3, -0.25) is 0 Å². The van der Waals surface area contributed by atoms with Crippen LogP contribution in [-0.4, -0.2) is 4.98 Å². The quantitative estimate of drug-likeness (QED) is 0.901. The molecule has 3 heteroatoms. The molecule has 2 rings (SSSR count). The lowest BCUT2D eigenvalue weighted by molar-refractivity contribution is 0.408. The number of benzene rings is 1. The van der Waals surface area contributed by atoms with Crippen LogP contribution in [0.15, 0.2) is 28.8 Å². The van der Waals surface area contributed by atoms with Crippen LogP contribution in [0.4, 0.5) is 0 Å². The van der Waals surface area contributed by atoms with E-state index in [1.807, 2.05) is 0 Å². The van der Waals surface area contributed by atoms with E-state index >= 15 is 0 Å². The first-order chi connectivity index (χ1) is 8.97. The first kappa shape index (κ1) is 13.8. The lowest BCUT2D eigenvalue weighted by atomic mass is 10.0. The normalized spacial score (nSPS) is 12.9. The number of rotatable bonds is 4. The molecule has 0 amide bonds. The Hall–Kier alpha value is -1.61. The number of hydrogen-bond acceptors (Lipinski definition) is 3. The summed E-state index contributed by atoms with van der Waals surface area (Å²) in [5.74, 6) is 1.95. The molecular formula is C16H22N2O. The van der Waals surface area contributed by atoms with Crippen molar-refractivity contribution in [2.45, 2.75) is 40.2 Å². The molecule has 1 heterocycles. The summed E-state index contributed by atoms with van der Waals surface area (Å²) in [6, 6.07) is 6.15. The van der Waals surface area contributed by atoms with E-state index in [1.165, 1.54) is 11.1 Å². The van der Waals surface area contributed by atoms with Gasteiger partial charge in [0.25, 0.3) is 0 Å². The fourth-order valence-corrected chi connectivity index (χ4v) is 2.10. The molecule has 0 aliphatic heterocycles. The summed E-state index contributed by atoms with van der Waals surface area (Å²) in [6.45, 7) is 8.49. The van der Waals surface area contributed by atoms with E-state index in [1.54, 1.807) is 6.20 Å². The van der Waals surface area contributed by atoms with Gasteiger partial charge in [0.15, 0.2) is 5.76 Å². The van der Waals surface area contributed by atoms with Crippen LogP contribution in [0.3, 0.4) is 0 Å². The summed E-state index contributed by atoms with van der Waals surface area (Å²) in [4.78, 5) is 4.31. The number of aryl methyl sites for hydroxylation is 2. The Kier molecular flexibility index (Phi) is 4.05. The fourth-order valence-electron chi connectivity index (χ4n) is 2.10.